The van der Waals surface area contributed by atoms with Crippen molar-refractivity contribution in [1.82, 2.24) is 0 Å². The molecule has 0 fully saturated rings. The maximum Gasteiger partial charge on any atom is 0.188 e. The molecule has 3 heteroatoms. The maximum atomic E-state index is 11.8. The summed E-state index contributed by atoms with van der Waals surface area (Å²) in [7, 11) is 0. The number of carbonyl (C=O) groups is 1. The van der Waals surface area contributed by atoms with Crippen molar-refractivity contribution in [2.75, 3.05) is 13.2 Å². The molecule has 0 aliphatic carbocycles. The van der Waals surface area contributed by atoms with E-state index in [4.69, 9.17) is 4.74 Å². The summed E-state index contributed by atoms with van der Waals surface area (Å²) in [5, 5.41) is 0. The van der Waals surface area contributed by atoms with Gasteiger partial charge in [-0.15, -0.1) is 0 Å². The first kappa shape index (κ1) is 16.6. The van der Waals surface area contributed by atoms with Crippen LogP contribution in [0.15, 0.2) is 24.3 Å². The Morgan fingerprint density at radius 1 is 1.05 bits per heavy atom. The zero-order chi connectivity index (χ0) is 13.9. The SMILES string of the molecule is CCCCCCCCOCC(=O)c1ccc(I)cc1. The van der Waals surface area contributed by atoms with Gasteiger partial charge in [-0.25, -0.2) is 0 Å². The summed E-state index contributed by atoms with van der Waals surface area (Å²) >= 11 is 2.23. The highest BCUT2D eigenvalue weighted by Gasteiger charge is 2.05. The van der Waals surface area contributed by atoms with Gasteiger partial charge in [0.2, 0.25) is 0 Å². The van der Waals surface area contributed by atoms with Crippen LogP contribution < -0.4 is 0 Å². The van der Waals surface area contributed by atoms with Crippen LogP contribution in [-0.4, -0.2) is 19.0 Å². The van der Waals surface area contributed by atoms with Crippen molar-refractivity contribution in [1.29, 1.82) is 0 Å². The van der Waals surface area contributed by atoms with Crippen molar-refractivity contribution >= 4 is 28.4 Å². The summed E-state index contributed by atoms with van der Waals surface area (Å²) in [4.78, 5) is 11.8. The lowest BCUT2D eigenvalue weighted by atomic mass is 10.1. The van der Waals surface area contributed by atoms with Crippen molar-refractivity contribution in [3.05, 3.63) is 33.4 Å². The zero-order valence-electron chi connectivity index (χ0n) is 11.7. The highest BCUT2D eigenvalue weighted by Crippen LogP contribution is 2.08. The van der Waals surface area contributed by atoms with Gasteiger partial charge in [0.15, 0.2) is 5.78 Å². The molecule has 0 aliphatic rings. The van der Waals surface area contributed by atoms with Gasteiger partial charge in [-0.3, -0.25) is 4.79 Å². The van der Waals surface area contributed by atoms with Crippen LogP contribution in [0.1, 0.15) is 55.8 Å². The molecule has 0 unspecified atom stereocenters. The summed E-state index contributed by atoms with van der Waals surface area (Å²) in [6.07, 6.45) is 7.47. The monoisotopic (exact) mass is 374 g/mol. The first-order chi connectivity index (χ1) is 9.24. The number of ketones is 1. The summed E-state index contributed by atoms with van der Waals surface area (Å²) in [6.45, 7) is 3.12. The number of halogens is 1. The number of hydrogen-bond acceptors (Lipinski definition) is 2. The number of carbonyl (C=O) groups excluding carboxylic acids is 1. The highest BCUT2D eigenvalue weighted by molar-refractivity contribution is 14.1. The summed E-state index contributed by atoms with van der Waals surface area (Å²) in [5.74, 6) is 0.0717. The number of Topliss-reactive ketones (excluding diaryl/α,β-unsaturated/α-hetero) is 1. The largest absolute Gasteiger partial charge is 0.373 e. The van der Waals surface area contributed by atoms with E-state index in [9.17, 15) is 4.79 Å². The third kappa shape index (κ3) is 7.67. The summed E-state index contributed by atoms with van der Waals surface area (Å²) in [6, 6.07) is 7.61. The Balaban J connectivity index is 2.06. The Morgan fingerprint density at radius 3 is 2.37 bits per heavy atom. The van der Waals surface area contributed by atoms with Crippen molar-refractivity contribution < 1.29 is 9.53 Å². The van der Waals surface area contributed by atoms with Crippen molar-refractivity contribution in [3.63, 3.8) is 0 Å². The van der Waals surface area contributed by atoms with Crippen LogP contribution in [0.5, 0.6) is 0 Å². The number of hydrogen-bond donors (Lipinski definition) is 0. The second kappa shape index (κ2) is 10.4. The van der Waals surface area contributed by atoms with E-state index in [0.717, 1.165) is 15.6 Å². The smallest absolute Gasteiger partial charge is 0.188 e. The quantitative estimate of drug-likeness (QED) is 0.332. The highest BCUT2D eigenvalue weighted by atomic mass is 127. The molecular formula is C16H23IO2. The Hall–Kier alpha value is -0.420. The van der Waals surface area contributed by atoms with E-state index in [0.29, 0.717) is 6.61 Å². The van der Waals surface area contributed by atoms with Crippen molar-refractivity contribution in [2.45, 2.75) is 45.4 Å². The van der Waals surface area contributed by atoms with Gasteiger partial charge in [0, 0.05) is 15.7 Å². The topological polar surface area (TPSA) is 26.3 Å². The van der Waals surface area contributed by atoms with E-state index in [1.54, 1.807) is 0 Å². The standard InChI is InChI=1S/C16H23IO2/c1-2-3-4-5-6-7-12-19-13-16(18)14-8-10-15(17)11-9-14/h8-11H,2-7,12-13H2,1H3. The molecule has 0 radical (unpaired) electrons. The average Bonchev–Trinajstić information content (AvgIpc) is 2.42. The third-order valence-corrected chi connectivity index (χ3v) is 3.76. The molecule has 0 aliphatic heterocycles. The minimum atomic E-state index is 0.0717. The molecule has 0 N–H and O–H groups in total. The molecule has 0 atom stereocenters. The molecule has 106 valence electrons. The zero-order valence-corrected chi connectivity index (χ0v) is 13.8. The van der Waals surface area contributed by atoms with Gasteiger partial charge >= 0.3 is 0 Å². The van der Waals surface area contributed by atoms with Crippen LogP contribution in [0.3, 0.4) is 0 Å². The Morgan fingerprint density at radius 2 is 1.68 bits per heavy atom. The molecule has 0 aromatic heterocycles. The normalized spacial score (nSPS) is 10.6. The van der Waals surface area contributed by atoms with Gasteiger partial charge in [0.05, 0.1) is 0 Å². The number of benzene rings is 1. The Kier molecular flexibility index (Phi) is 9.08. The van der Waals surface area contributed by atoms with E-state index in [-0.39, 0.29) is 12.4 Å². The summed E-state index contributed by atoms with van der Waals surface area (Å²) in [5.41, 5.74) is 0.739. The average molecular weight is 374 g/mol. The fraction of sp³-hybridized carbons (Fsp3) is 0.562. The molecule has 19 heavy (non-hydrogen) atoms. The predicted octanol–water partition coefficient (Wildman–Crippen LogP) is 4.85. The Labute approximate surface area is 130 Å². The first-order valence-electron chi connectivity index (χ1n) is 7.10. The van der Waals surface area contributed by atoms with E-state index in [2.05, 4.69) is 29.5 Å². The van der Waals surface area contributed by atoms with Gasteiger partial charge in [-0.05, 0) is 41.1 Å². The van der Waals surface area contributed by atoms with E-state index < -0.39 is 0 Å². The maximum absolute atomic E-state index is 11.8. The van der Waals surface area contributed by atoms with Crippen molar-refractivity contribution in [3.8, 4) is 0 Å². The molecule has 1 aromatic rings. The van der Waals surface area contributed by atoms with Gasteiger partial charge in [-0.2, -0.15) is 0 Å². The number of ether oxygens (including phenoxy) is 1. The lowest BCUT2D eigenvalue weighted by molar-refractivity contribution is 0.0752. The van der Waals surface area contributed by atoms with Crippen LogP contribution in [0.2, 0.25) is 0 Å². The second-order valence-corrected chi connectivity index (χ2v) is 6.00. The second-order valence-electron chi connectivity index (χ2n) is 4.75. The molecular weight excluding hydrogens is 351 g/mol. The minimum absolute atomic E-state index is 0.0717. The third-order valence-electron chi connectivity index (χ3n) is 3.04. The molecule has 0 bridgehead atoms. The van der Waals surface area contributed by atoms with Crippen LogP contribution in [-0.2, 0) is 4.74 Å². The van der Waals surface area contributed by atoms with Crippen molar-refractivity contribution in [2.24, 2.45) is 0 Å². The lowest BCUT2D eigenvalue weighted by Gasteiger charge is -2.04. The molecule has 0 amide bonds. The van der Waals surface area contributed by atoms with Crippen LogP contribution in [0, 0.1) is 3.57 Å². The van der Waals surface area contributed by atoms with Gasteiger partial charge in [0.1, 0.15) is 6.61 Å². The predicted molar refractivity (Wildman–Crippen MR) is 87.7 cm³/mol. The summed E-state index contributed by atoms with van der Waals surface area (Å²) < 4.78 is 6.58. The van der Waals surface area contributed by atoms with E-state index >= 15 is 0 Å². The molecule has 0 spiro atoms. The number of unbranched alkanes of at least 4 members (excludes halogenated alkanes) is 5. The van der Waals surface area contributed by atoms with Gasteiger partial charge in [0.25, 0.3) is 0 Å². The van der Waals surface area contributed by atoms with Gasteiger partial charge in [-0.1, -0.05) is 51.2 Å². The number of rotatable bonds is 10. The van der Waals surface area contributed by atoms with Crippen LogP contribution >= 0.6 is 22.6 Å². The van der Waals surface area contributed by atoms with E-state index in [1.807, 2.05) is 24.3 Å². The molecule has 1 aromatic carbocycles. The van der Waals surface area contributed by atoms with Gasteiger partial charge < -0.3 is 4.74 Å². The molecule has 1 rings (SSSR count). The van der Waals surface area contributed by atoms with Crippen LogP contribution in [0.25, 0.3) is 0 Å². The molecule has 0 saturated heterocycles. The molecule has 0 saturated carbocycles. The first-order valence-corrected chi connectivity index (χ1v) is 8.18. The minimum Gasteiger partial charge on any atom is -0.373 e. The lowest BCUT2D eigenvalue weighted by Crippen LogP contribution is -2.09. The van der Waals surface area contributed by atoms with Crippen LogP contribution in [0.4, 0.5) is 0 Å². The fourth-order valence-electron chi connectivity index (χ4n) is 1.87. The Bertz CT molecular complexity index is 360. The molecule has 0 heterocycles. The fourth-order valence-corrected chi connectivity index (χ4v) is 2.23. The molecule has 2 nitrogen and oxygen atoms in total. The van der Waals surface area contributed by atoms with E-state index in [1.165, 1.54) is 32.1 Å².